The molecular weight excluding hydrogens is 293 g/mol. The van der Waals surface area contributed by atoms with E-state index in [-0.39, 0.29) is 6.09 Å². The van der Waals surface area contributed by atoms with Gasteiger partial charge in [0.2, 0.25) is 0 Å². The molecule has 1 aromatic rings. The van der Waals surface area contributed by atoms with Crippen LogP contribution in [0.1, 0.15) is 20.8 Å². The van der Waals surface area contributed by atoms with Crippen molar-refractivity contribution in [1.29, 1.82) is 0 Å². The summed E-state index contributed by atoms with van der Waals surface area (Å²) < 4.78 is 5.76. The second-order valence-corrected chi connectivity index (χ2v) is 6.91. The van der Waals surface area contributed by atoms with Crippen LogP contribution in [-0.4, -0.2) is 64.9 Å². The Morgan fingerprint density at radius 3 is 2.43 bits per heavy atom. The second kappa shape index (κ2) is 6.21. The van der Waals surface area contributed by atoms with Crippen molar-refractivity contribution in [1.82, 2.24) is 9.88 Å². The molecule has 21 heavy (non-hydrogen) atoms. The van der Waals surface area contributed by atoms with E-state index >= 15 is 0 Å². The Bertz CT molecular complexity index is 495. The van der Waals surface area contributed by atoms with E-state index in [1.807, 2.05) is 25.7 Å². The molecule has 0 atom stereocenters. The molecule has 0 unspecified atom stereocenters. The topological polar surface area (TPSA) is 86.1 Å². The average molecular weight is 313 g/mol. The molecule has 0 spiro atoms. The maximum Gasteiger partial charge on any atom is 0.500 e. The highest BCUT2D eigenvalue weighted by atomic mass is 32.1. The SMILES string of the molecule is CC(C)(C)OC(=O)N1CCN(c2ncc(B(O)O)s2)CC1. The highest BCUT2D eigenvalue weighted by Crippen LogP contribution is 2.19. The minimum absolute atomic E-state index is 0.298. The van der Waals surface area contributed by atoms with Gasteiger partial charge in [-0.1, -0.05) is 0 Å². The number of carbonyl (C=O) groups excluding carboxylic acids is 1. The molecule has 1 aliphatic heterocycles. The number of carbonyl (C=O) groups is 1. The summed E-state index contributed by atoms with van der Waals surface area (Å²) in [6, 6.07) is 0. The molecule has 0 saturated carbocycles. The number of piperazine rings is 1. The largest absolute Gasteiger partial charge is 0.500 e. The lowest BCUT2D eigenvalue weighted by Crippen LogP contribution is -2.50. The van der Waals surface area contributed by atoms with Crippen LogP contribution in [-0.2, 0) is 4.74 Å². The van der Waals surface area contributed by atoms with Crippen molar-refractivity contribution in [3.63, 3.8) is 0 Å². The molecule has 2 N–H and O–H groups in total. The summed E-state index contributed by atoms with van der Waals surface area (Å²) in [7, 11) is -1.49. The zero-order chi connectivity index (χ0) is 15.6. The van der Waals surface area contributed by atoms with Gasteiger partial charge >= 0.3 is 13.2 Å². The number of rotatable bonds is 2. The molecule has 0 aromatic carbocycles. The Kier molecular flexibility index (Phi) is 4.75. The maximum absolute atomic E-state index is 12.0. The number of ether oxygens (including phenoxy) is 1. The third kappa shape index (κ3) is 4.32. The lowest BCUT2D eigenvalue weighted by Gasteiger charge is -2.35. The summed E-state index contributed by atoms with van der Waals surface area (Å²) in [6.45, 7) is 7.95. The number of hydrogen-bond acceptors (Lipinski definition) is 7. The zero-order valence-electron chi connectivity index (χ0n) is 12.4. The van der Waals surface area contributed by atoms with Crippen LogP contribution < -0.4 is 9.68 Å². The maximum atomic E-state index is 12.0. The van der Waals surface area contributed by atoms with Crippen LogP contribution >= 0.6 is 11.3 Å². The van der Waals surface area contributed by atoms with Crippen molar-refractivity contribution < 1.29 is 19.6 Å². The molecule has 0 bridgehead atoms. The normalized spacial score (nSPS) is 16.0. The van der Waals surface area contributed by atoms with Crippen LogP contribution in [0.15, 0.2) is 6.20 Å². The molecule has 0 aliphatic carbocycles. The van der Waals surface area contributed by atoms with Gasteiger partial charge in [0, 0.05) is 32.4 Å². The van der Waals surface area contributed by atoms with Crippen molar-refractivity contribution in [3.05, 3.63) is 6.20 Å². The first-order chi connectivity index (χ1) is 9.76. The lowest BCUT2D eigenvalue weighted by atomic mass is 9.91. The van der Waals surface area contributed by atoms with Gasteiger partial charge in [-0.3, -0.25) is 0 Å². The van der Waals surface area contributed by atoms with Crippen LogP contribution in [0.3, 0.4) is 0 Å². The third-order valence-corrected chi connectivity index (χ3v) is 4.07. The molecule has 7 nitrogen and oxygen atoms in total. The predicted molar refractivity (Wildman–Crippen MR) is 82.0 cm³/mol. The molecule has 2 heterocycles. The van der Waals surface area contributed by atoms with E-state index in [0.29, 0.717) is 31.0 Å². The summed E-state index contributed by atoms with van der Waals surface area (Å²) in [5.41, 5.74) is -0.490. The molecule has 9 heteroatoms. The summed E-state index contributed by atoms with van der Waals surface area (Å²) in [4.78, 5) is 19.8. The number of anilines is 1. The van der Waals surface area contributed by atoms with Gasteiger partial charge in [-0.2, -0.15) is 0 Å². The van der Waals surface area contributed by atoms with E-state index in [0.717, 1.165) is 5.13 Å². The van der Waals surface area contributed by atoms with E-state index in [9.17, 15) is 4.79 Å². The Morgan fingerprint density at radius 1 is 1.33 bits per heavy atom. The monoisotopic (exact) mass is 313 g/mol. The van der Waals surface area contributed by atoms with Crippen molar-refractivity contribution in [2.45, 2.75) is 26.4 Å². The highest BCUT2D eigenvalue weighted by Gasteiger charge is 2.27. The molecular formula is C12H20BN3O4S. The fraction of sp³-hybridized carbons (Fsp3) is 0.667. The van der Waals surface area contributed by atoms with Gasteiger partial charge in [0.25, 0.3) is 0 Å². The van der Waals surface area contributed by atoms with Crippen LogP contribution in [0, 0.1) is 0 Å². The molecule has 1 amide bonds. The quantitative estimate of drug-likeness (QED) is 0.741. The van der Waals surface area contributed by atoms with E-state index in [1.54, 1.807) is 4.90 Å². The van der Waals surface area contributed by atoms with Crippen LogP contribution in [0.25, 0.3) is 0 Å². The molecule has 1 aromatic heterocycles. The molecule has 0 radical (unpaired) electrons. The zero-order valence-corrected chi connectivity index (χ0v) is 13.3. The van der Waals surface area contributed by atoms with Gasteiger partial charge in [0.05, 0.1) is 4.78 Å². The summed E-state index contributed by atoms with van der Waals surface area (Å²) in [6.07, 6.45) is 1.16. The lowest BCUT2D eigenvalue weighted by molar-refractivity contribution is 0.0240. The standard InChI is InChI=1S/C12H20BN3O4S/c1-12(2,3)20-11(17)16-6-4-15(5-7-16)10-14-8-9(21-10)13(18)19/h8,18-19H,4-7H2,1-3H3. The van der Waals surface area contributed by atoms with Gasteiger partial charge in [0.15, 0.2) is 5.13 Å². The van der Waals surface area contributed by atoms with Crippen LogP contribution in [0.4, 0.5) is 9.93 Å². The number of thiazole rings is 1. The van der Waals surface area contributed by atoms with E-state index in [2.05, 4.69) is 4.98 Å². The number of amides is 1. The Morgan fingerprint density at radius 2 is 1.95 bits per heavy atom. The Balaban J connectivity index is 1.89. The Hall–Kier alpha value is -1.32. The van der Waals surface area contributed by atoms with Crippen LogP contribution in [0.2, 0.25) is 0 Å². The predicted octanol–water partition coefficient (Wildman–Crippen LogP) is -0.120. The minimum Gasteiger partial charge on any atom is -0.444 e. The van der Waals surface area contributed by atoms with Gasteiger partial charge in [-0.15, -0.1) is 11.3 Å². The molecule has 1 saturated heterocycles. The first kappa shape index (κ1) is 16.1. The van der Waals surface area contributed by atoms with Gasteiger partial charge in [0.1, 0.15) is 5.60 Å². The summed E-state index contributed by atoms with van der Waals surface area (Å²) >= 11 is 1.25. The van der Waals surface area contributed by atoms with Crippen molar-refractivity contribution in [2.24, 2.45) is 0 Å². The molecule has 2 rings (SSSR count). The average Bonchev–Trinajstić information content (AvgIpc) is 2.86. The summed E-state index contributed by atoms with van der Waals surface area (Å²) in [5, 5.41) is 18.9. The van der Waals surface area contributed by atoms with Crippen LogP contribution in [0.5, 0.6) is 0 Å². The van der Waals surface area contributed by atoms with E-state index in [1.165, 1.54) is 17.5 Å². The van der Waals surface area contributed by atoms with Crippen molar-refractivity contribution >= 4 is 34.5 Å². The number of hydrogen-bond donors (Lipinski definition) is 2. The minimum atomic E-state index is -1.49. The van der Waals surface area contributed by atoms with Gasteiger partial charge in [-0.25, -0.2) is 9.78 Å². The fourth-order valence-corrected chi connectivity index (χ4v) is 2.79. The van der Waals surface area contributed by atoms with Gasteiger partial charge in [-0.05, 0) is 20.8 Å². The second-order valence-electron chi connectivity index (χ2n) is 5.87. The van der Waals surface area contributed by atoms with E-state index < -0.39 is 12.7 Å². The van der Waals surface area contributed by atoms with Crippen molar-refractivity contribution in [2.75, 3.05) is 31.1 Å². The fourth-order valence-electron chi connectivity index (χ4n) is 1.95. The molecule has 1 aliphatic rings. The number of nitrogens with zero attached hydrogens (tertiary/aromatic N) is 3. The highest BCUT2D eigenvalue weighted by molar-refractivity contribution is 7.24. The third-order valence-electron chi connectivity index (χ3n) is 2.97. The molecule has 1 fully saturated rings. The smallest absolute Gasteiger partial charge is 0.444 e. The number of aromatic nitrogens is 1. The first-order valence-corrected chi connectivity index (χ1v) is 7.62. The Labute approximate surface area is 128 Å². The first-order valence-electron chi connectivity index (χ1n) is 6.81. The van der Waals surface area contributed by atoms with E-state index in [4.69, 9.17) is 14.8 Å². The summed E-state index contributed by atoms with van der Waals surface area (Å²) in [5.74, 6) is 0. The van der Waals surface area contributed by atoms with Gasteiger partial charge < -0.3 is 24.6 Å². The van der Waals surface area contributed by atoms with Crippen molar-refractivity contribution in [3.8, 4) is 0 Å². The molecule has 116 valence electrons.